The number of carbonyl (C=O) groups excluding carboxylic acids is 1. The van der Waals surface area contributed by atoms with Gasteiger partial charge in [-0.3, -0.25) is 4.79 Å². The molecule has 0 unspecified atom stereocenters. The van der Waals surface area contributed by atoms with Crippen molar-refractivity contribution in [3.8, 4) is 0 Å². The van der Waals surface area contributed by atoms with Crippen molar-refractivity contribution in [3.05, 3.63) is 0 Å². The lowest BCUT2D eigenvalue weighted by atomic mass is 9.93. The number of amides is 1. The fourth-order valence-electron chi connectivity index (χ4n) is 0.823. The second-order valence-electron chi connectivity index (χ2n) is 3.47. The van der Waals surface area contributed by atoms with E-state index < -0.39 is 5.41 Å². The van der Waals surface area contributed by atoms with Gasteiger partial charge in [0.2, 0.25) is 5.91 Å². The van der Waals surface area contributed by atoms with E-state index in [1.165, 1.54) is 4.90 Å². The number of likely N-dealkylation sites (N-methyl/N-ethyl adjacent to an activating group) is 1. The van der Waals surface area contributed by atoms with E-state index in [4.69, 9.17) is 5.11 Å². The maximum Gasteiger partial charge on any atom is 0.230 e. The molecular formula is C8H16NO3. The van der Waals surface area contributed by atoms with Gasteiger partial charge in [0.25, 0.3) is 0 Å². The van der Waals surface area contributed by atoms with Crippen LogP contribution in [0.25, 0.3) is 0 Å². The topological polar surface area (TPSA) is 60.4 Å². The molecule has 0 aliphatic heterocycles. The van der Waals surface area contributed by atoms with Crippen LogP contribution in [0.15, 0.2) is 0 Å². The number of hydrogen-bond acceptors (Lipinski definition) is 2. The third kappa shape index (κ3) is 2.79. The molecule has 1 N–H and O–H groups in total. The van der Waals surface area contributed by atoms with Crippen LogP contribution >= 0.6 is 0 Å². The summed E-state index contributed by atoms with van der Waals surface area (Å²) >= 11 is 0. The lowest BCUT2D eigenvalue weighted by Crippen LogP contribution is -2.41. The zero-order valence-electron chi connectivity index (χ0n) is 7.83. The molecule has 0 saturated heterocycles. The summed E-state index contributed by atoms with van der Waals surface area (Å²) in [5, 5.41) is 19.1. The summed E-state index contributed by atoms with van der Waals surface area (Å²) in [4.78, 5) is 12.8. The van der Waals surface area contributed by atoms with Crippen LogP contribution in [0.4, 0.5) is 0 Å². The average molecular weight is 174 g/mol. The highest BCUT2D eigenvalue weighted by molar-refractivity contribution is 5.81. The van der Waals surface area contributed by atoms with E-state index in [0.717, 1.165) is 0 Å². The summed E-state index contributed by atoms with van der Waals surface area (Å²) in [5.41, 5.74) is -0.774. The number of aliphatic hydroxyl groups is 1. The maximum absolute atomic E-state index is 11.4. The predicted octanol–water partition coefficient (Wildman–Crippen LogP) is -0.106. The van der Waals surface area contributed by atoms with Gasteiger partial charge in [-0.05, 0) is 13.8 Å². The molecule has 0 spiro atoms. The largest absolute Gasteiger partial charge is 0.395 e. The fourth-order valence-corrected chi connectivity index (χ4v) is 0.823. The van der Waals surface area contributed by atoms with E-state index in [1.807, 2.05) is 0 Å². The molecule has 0 saturated carbocycles. The van der Waals surface area contributed by atoms with Crippen LogP contribution in [0.1, 0.15) is 13.8 Å². The predicted molar refractivity (Wildman–Crippen MR) is 44.1 cm³/mol. The molecule has 71 valence electrons. The molecule has 0 heterocycles. The van der Waals surface area contributed by atoms with Gasteiger partial charge in [-0.15, -0.1) is 0 Å². The zero-order chi connectivity index (χ0) is 9.78. The molecule has 0 rings (SSSR count). The number of nitrogens with zero attached hydrogens (tertiary/aromatic N) is 1. The van der Waals surface area contributed by atoms with Gasteiger partial charge in [-0.25, -0.2) is 5.11 Å². The molecule has 4 nitrogen and oxygen atoms in total. The van der Waals surface area contributed by atoms with E-state index in [2.05, 4.69) is 0 Å². The Kier molecular flexibility index (Phi) is 4.20. The van der Waals surface area contributed by atoms with Crippen LogP contribution in [0.5, 0.6) is 0 Å². The molecule has 0 aromatic carbocycles. The van der Waals surface area contributed by atoms with Crippen molar-refractivity contribution in [1.82, 2.24) is 4.90 Å². The first-order valence-electron chi connectivity index (χ1n) is 3.90. The smallest absolute Gasteiger partial charge is 0.230 e. The quantitative estimate of drug-likeness (QED) is 0.646. The van der Waals surface area contributed by atoms with E-state index in [1.54, 1.807) is 20.9 Å². The van der Waals surface area contributed by atoms with E-state index in [-0.39, 0.29) is 25.7 Å². The first-order chi connectivity index (χ1) is 5.45. The van der Waals surface area contributed by atoms with Crippen LogP contribution in [-0.4, -0.2) is 42.7 Å². The van der Waals surface area contributed by atoms with Gasteiger partial charge in [-0.2, -0.15) is 0 Å². The normalized spacial score (nSPS) is 11.4. The summed E-state index contributed by atoms with van der Waals surface area (Å²) in [5.74, 6) is -0.194. The maximum atomic E-state index is 11.4. The van der Waals surface area contributed by atoms with Crippen LogP contribution in [0, 0.1) is 5.41 Å². The van der Waals surface area contributed by atoms with Gasteiger partial charge in [0.1, 0.15) is 0 Å². The minimum Gasteiger partial charge on any atom is -0.395 e. The molecule has 0 aromatic heterocycles. The standard InChI is InChI=1S/C8H16NO3/c1-8(2,6-11)7(12)9(3)4-5-10/h11H,4-6H2,1-3H3. The van der Waals surface area contributed by atoms with Gasteiger partial charge in [0.05, 0.1) is 18.6 Å². The highest BCUT2D eigenvalue weighted by Gasteiger charge is 2.29. The van der Waals surface area contributed by atoms with Crippen molar-refractivity contribution in [1.29, 1.82) is 0 Å². The van der Waals surface area contributed by atoms with Gasteiger partial charge in [0, 0.05) is 13.6 Å². The lowest BCUT2D eigenvalue weighted by molar-refractivity contribution is -0.141. The average Bonchev–Trinajstić information content (AvgIpc) is 2.03. The molecule has 1 amide bonds. The van der Waals surface area contributed by atoms with Crippen LogP contribution in [-0.2, 0) is 9.90 Å². The van der Waals surface area contributed by atoms with Gasteiger partial charge >= 0.3 is 0 Å². The minimum atomic E-state index is -0.774. The van der Waals surface area contributed by atoms with Gasteiger partial charge in [-0.1, -0.05) is 0 Å². The first kappa shape index (κ1) is 11.4. The Morgan fingerprint density at radius 2 is 2.00 bits per heavy atom. The van der Waals surface area contributed by atoms with Gasteiger partial charge < -0.3 is 10.0 Å². The third-order valence-electron chi connectivity index (χ3n) is 1.75. The van der Waals surface area contributed by atoms with Crippen molar-refractivity contribution in [2.24, 2.45) is 5.41 Å². The highest BCUT2D eigenvalue weighted by Crippen LogP contribution is 2.16. The third-order valence-corrected chi connectivity index (χ3v) is 1.75. The van der Waals surface area contributed by atoms with Crippen molar-refractivity contribution >= 4 is 5.91 Å². The minimum absolute atomic E-state index is 0.194. The molecule has 0 aromatic rings. The Bertz CT molecular complexity index is 156. The molecule has 1 radical (unpaired) electrons. The summed E-state index contributed by atoms with van der Waals surface area (Å²) in [6.45, 7) is 2.99. The van der Waals surface area contributed by atoms with Crippen LogP contribution in [0.3, 0.4) is 0 Å². The number of carbonyl (C=O) groups is 1. The summed E-state index contributed by atoms with van der Waals surface area (Å²) in [6, 6.07) is 0. The van der Waals surface area contributed by atoms with Crippen molar-refractivity contribution < 1.29 is 15.0 Å². The fraction of sp³-hybridized carbons (Fsp3) is 0.875. The molecule has 0 aliphatic rings. The Balaban J connectivity index is 4.18. The summed E-state index contributed by atoms with van der Waals surface area (Å²) in [6.07, 6.45) is 0. The SMILES string of the molecule is CN(CC[O])C(=O)C(C)(C)CO. The molecule has 0 atom stereocenters. The Morgan fingerprint density at radius 1 is 1.50 bits per heavy atom. The molecular weight excluding hydrogens is 158 g/mol. The lowest BCUT2D eigenvalue weighted by Gasteiger charge is -2.26. The molecule has 4 heteroatoms. The zero-order valence-corrected chi connectivity index (χ0v) is 7.83. The number of hydrogen-bond donors (Lipinski definition) is 1. The van der Waals surface area contributed by atoms with Crippen LogP contribution in [0.2, 0.25) is 0 Å². The Hall–Kier alpha value is -0.610. The second-order valence-corrected chi connectivity index (χ2v) is 3.47. The number of rotatable bonds is 4. The van der Waals surface area contributed by atoms with E-state index >= 15 is 0 Å². The summed E-state index contributed by atoms with van der Waals surface area (Å²) in [7, 11) is 1.57. The highest BCUT2D eigenvalue weighted by atomic mass is 16.3. The first-order valence-corrected chi connectivity index (χ1v) is 3.90. The molecule has 12 heavy (non-hydrogen) atoms. The Morgan fingerprint density at radius 3 is 2.33 bits per heavy atom. The summed E-state index contributed by atoms with van der Waals surface area (Å²) < 4.78 is 0. The second kappa shape index (κ2) is 4.42. The van der Waals surface area contributed by atoms with Crippen molar-refractivity contribution in [2.45, 2.75) is 13.8 Å². The van der Waals surface area contributed by atoms with Gasteiger partial charge in [0.15, 0.2) is 0 Å². The molecule has 0 bridgehead atoms. The van der Waals surface area contributed by atoms with Crippen molar-refractivity contribution in [3.63, 3.8) is 0 Å². The van der Waals surface area contributed by atoms with Crippen LogP contribution < -0.4 is 0 Å². The molecule has 0 aliphatic carbocycles. The monoisotopic (exact) mass is 174 g/mol. The Labute approximate surface area is 72.8 Å². The van der Waals surface area contributed by atoms with Crippen molar-refractivity contribution in [2.75, 3.05) is 26.8 Å². The number of aliphatic hydroxyl groups excluding tert-OH is 1. The van der Waals surface area contributed by atoms with E-state index in [9.17, 15) is 9.90 Å². The van der Waals surface area contributed by atoms with E-state index in [0.29, 0.717) is 0 Å². The molecule has 0 fully saturated rings.